The SMILES string of the molecule is C=CCCCc1c(C)cccc1C. The minimum atomic E-state index is 1.12. The summed E-state index contributed by atoms with van der Waals surface area (Å²) in [5.41, 5.74) is 4.36. The zero-order valence-electron chi connectivity index (χ0n) is 8.64. The molecule has 0 spiro atoms. The molecule has 13 heavy (non-hydrogen) atoms. The first-order chi connectivity index (χ1) is 6.25. The fourth-order valence-corrected chi connectivity index (χ4v) is 1.67. The van der Waals surface area contributed by atoms with Gasteiger partial charge in [-0.25, -0.2) is 0 Å². The number of unbranched alkanes of at least 4 members (excludes halogenated alkanes) is 1. The second kappa shape index (κ2) is 4.86. The predicted octanol–water partition coefficient (Wildman–Crippen LogP) is 3.81. The molecule has 0 aliphatic heterocycles. The molecule has 0 saturated heterocycles. The average Bonchev–Trinajstić information content (AvgIpc) is 2.10. The summed E-state index contributed by atoms with van der Waals surface area (Å²) in [6, 6.07) is 6.51. The Hall–Kier alpha value is -1.04. The van der Waals surface area contributed by atoms with Crippen molar-refractivity contribution in [2.75, 3.05) is 0 Å². The van der Waals surface area contributed by atoms with Gasteiger partial charge in [-0.3, -0.25) is 0 Å². The molecule has 0 heterocycles. The molecule has 0 fully saturated rings. The molecule has 0 atom stereocenters. The van der Waals surface area contributed by atoms with Gasteiger partial charge in [0.2, 0.25) is 0 Å². The van der Waals surface area contributed by atoms with E-state index in [9.17, 15) is 0 Å². The van der Waals surface area contributed by atoms with Gasteiger partial charge in [-0.1, -0.05) is 24.3 Å². The highest BCUT2D eigenvalue weighted by Gasteiger charge is 2.00. The van der Waals surface area contributed by atoms with Crippen molar-refractivity contribution in [1.82, 2.24) is 0 Å². The van der Waals surface area contributed by atoms with Crippen molar-refractivity contribution in [1.29, 1.82) is 0 Å². The van der Waals surface area contributed by atoms with Gasteiger partial charge < -0.3 is 0 Å². The number of hydrogen-bond acceptors (Lipinski definition) is 0. The minimum absolute atomic E-state index is 1.12. The van der Waals surface area contributed by atoms with Crippen molar-refractivity contribution in [3.8, 4) is 0 Å². The van der Waals surface area contributed by atoms with Gasteiger partial charge in [0, 0.05) is 0 Å². The van der Waals surface area contributed by atoms with Crippen LogP contribution < -0.4 is 0 Å². The van der Waals surface area contributed by atoms with E-state index in [1.165, 1.54) is 29.5 Å². The highest BCUT2D eigenvalue weighted by Crippen LogP contribution is 2.15. The summed E-state index contributed by atoms with van der Waals surface area (Å²) in [5, 5.41) is 0. The molecule has 1 rings (SSSR count). The third kappa shape index (κ3) is 2.73. The molecular formula is C13H18. The quantitative estimate of drug-likeness (QED) is 0.481. The Bertz CT molecular complexity index is 264. The van der Waals surface area contributed by atoms with Crippen LogP contribution in [0.2, 0.25) is 0 Å². The lowest BCUT2D eigenvalue weighted by molar-refractivity contribution is 0.833. The van der Waals surface area contributed by atoms with Crippen molar-refractivity contribution in [3.05, 3.63) is 47.5 Å². The topological polar surface area (TPSA) is 0 Å². The first-order valence-electron chi connectivity index (χ1n) is 4.91. The van der Waals surface area contributed by atoms with E-state index in [2.05, 4.69) is 38.6 Å². The lowest BCUT2D eigenvalue weighted by atomic mass is 9.98. The predicted molar refractivity (Wildman–Crippen MR) is 59.1 cm³/mol. The van der Waals surface area contributed by atoms with Gasteiger partial charge >= 0.3 is 0 Å². The van der Waals surface area contributed by atoms with Crippen molar-refractivity contribution in [3.63, 3.8) is 0 Å². The van der Waals surface area contributed by atoms with Crippen molar-refractivity contribution < 1.29 is 0 Å². The third-order valence-electron chi connectivity index (χ3n) is 2.48. The number of aryl methyl sites for hydroxylation is 2. The lowest BCUT2D eigenvalue weighted by Crippen LogP contribution is -1.93. The van der Waals surface area contributed by atoms with E-state index in [-0.39, 0.29) is 0 Å². The largest absolute Gasteiger partial charge is 0.103 e. The molecule has 0 aliphatic carbocycles. The zero-order valence-corrected chi connectivity index (χ0v) is 8.64. The molecule has 0 aliphatic rings. The Kier molecular flexibility index (Phi) is 3.75. The molecule has 0 radical (unpaired) electrons. The maximum absolute atomic E-state index is 3.74. The molecule has 1 aromatic carbocycles. The molecule has 0 N–H and O–H groups in total. The summed E-state index contributed by atoms with van der Waals surface area (Å²) in [6.45, 7) is 8.12. The van der Waals surface area contributed by atoms with Crippen LogP contribution >= 0.6 is 0 Å². The zero-order chi connectivity index (χ0) is 9.68. The fraction of sp³-hybridized carbons (Fsp3) is 0.385. The van der Waals surface area contributed by atoms with Crippen LogP contribution in [0.25, 0.3) is 0 Å². The number of hydrogen-bond donors (Lipinski definition) is 0. The first kappa shape index (κ1) is 10.0. The Morgan fingerprint density at radius 2 is 1.85 bits per heavy atom. The summed E-state index contributed by atoms with van der Waals surface area (Å²) in [5.74, 6) is 0. The minimum Gasteiger partial charge on any atom is -0.103 e. The average molecular weight is 174 g/mol. The molecule has 0 bridgehead atoms. The molecule has 1 aromatic rings. The second-order valence-corrected chi connectivity index (χ2v) is 3.55. The number of rotatable bonds is 4. The van der Waals surface area contributed by atoms with Gasteiger partial charge in [0.05, 0.1) is 0 Å². The monoisotopic (exact) mass is 174 g/mol. The summed E-state index contributed by atoms with van der Waals surface area (Å²) in [4.78, 5) is 0. The number of allylic oxidation sites excluding steroid dienone is 1. The second-order valence-electron chi connectivity index (χ2n) is 3.55. The molecule has 0 amide bonds. The van der Waals surface area contributed by atoms with E-state index >= 15 is 0 Å². The first-order valence-corrected chi connectivity index (χ1v) is 4.91. The molecule has 0 aromatic heterocycles. The number of benzene rings is 1. The Balaban J connectivity index is 2.69. The van der Waals surface area contributed by atoms with Crippen LogP contribution in [0.1, 0.15) is 29.5 Å². The summed E-state index contributed by atoms with van der Waals surface area (Å²) in [6.07, 6.45) is 5.51. The van der Waals surface area contributed by atoms with Crippen LogP contribution in [-0.2, 0) is 6.42 Å². The maximum Gasteiger partial charge on any atom is -0.0271 e. The Morgan fingerprint density at radius 3 is 2.38 bits per heavy atom. The molecule has 0 nitrogen and oxygen atoms in total. The normalized spacial score (nSPS) is 10.0. The summed E-state index contributed by atoms with van der Waals surface area (Å²) >= 11 is 0. The Morgan fingerprint density at radius 1 is 1.23 bits per heavy atom. The van der Waals surface area contributed by atoms with Crippen LogP contribution in [-0.4, -0.2) is 0 Å². The van der Waals surface area contributed by atoms with Crippen LogP contribution in [0.5, 0.6) is 0 Å². The van der Waals surface area contributed by atoms with Gasteiger partial charge in [0.1, 0.15) is 0 Å². The van der Waals surface area contributed by atoms with Crippen LogP contribution in [0.4, 0.5) is 0 Å². The molecule has 0 saturated carbocycles. The van der Waals surface area contributed by atoms with Crippen LogP contribution in [0, 0.1) is 13.8 Å². The van der Waals surface area contributed by atoms with Gasteiger partial charge in [0.25, 0.3) is 0 Å². The van der Waals surface area contributed by atoms with Gasteiger partial charge in [-0.15, -0.1) is 6.58 Å². The smallest absolute Gasteiger partial charge is 0.0271 e. The van der Waals surface area contributed by atoms with E-state index in [1.807, 2.05) is 6.08 Å². The maximum atomic E-state index is 3.74. The fourth-order valence-electron chi connectivity index (χ4n) is 1.67. The third-order valence-corrected chi connectivity index (χ3v) is 2.48. The van der Waals surface area contributed by atoms with Gasteiger partial charge in [-0.2, -0.15) is 0 Å². The molecule has 0 unspecified atom stereocenters. The van der Waals surface area contributed by atoms with Crippen LogP contribution in [0.3, 0.4) is 0 Å². The highest BCUT2D eigenvalue weighted by molar-refractivity contribution is 5.33. The van der Waals surface area contributed by atoms with Gasteiger partial charge in [-0.05, 0) is 49.8 Å². The lowest BCUT2D eigenvalue weighted by Gasteiger charge is -2.08. The highest BCUT2D eigenvalue weighted by atomic mass is 14.1. The Labute approximate surface area is 81.3 Å². The molecule has 70 valence electrons. The van der Waals surface area contributed by atoms with Crippen molar-refractivity contribution >= 4 is 0 Å². The molecule has 0 heteroatoms. The van der Waals surface area contributed by atoms with E-state index in [1.54, 1.807) is 0 Å². The van der Waals surface area contributed by atoms with E-state index in [0.29, 0.717) is 0 Å². The van der Waals surface area contributed by atoms with E-state index in [4.69, 9.17) is 0 Å². The van der Waals surface area contributed by atoms with Crippen molar-refractivity contribution in [2.24, 2.45) is 0 Å². The van der Waals surface area contributed by atoms with E-state index in [0.717, 1.165) is 6.42 Å². The van der Waals surface area contributed by atoms with Crippen molar-refractivity contribution in [2.45, 2.75) is 33.1 Å². The summed E-state index contributed by atoms with van der Waals surface area (Å²) in [7, 11) is 0. The molecular weight excluding hydrogens is 156 g/mol. The van der Waals surface area contributed by atoms with E-state index < -0.39 is 0 Å². The van der Waals surface area contributed by atoms with Crippen LogP contribution in [0.15, 0.2) is 30.9 Å². The summed E-state index contributed by atoms with van der Waals surface area (Å²) < 4.78 is 0. The van der Waals surface area contributed by atoms with Gasteiger partial charge in [0.15, 0.2) is 0 Å². The standard InChI is InChI=1S/C13H18/c1-4-5-6-10-13-11(2)8-7-9-12(13)3/h4,7-9H,1,5-6,10H2,2-3H3.